The molecule has 4 heteroatoms. The first kappa shape index (κ1) is 11.6. The first-order chi connectivity index (χ1) is 7.63. The Hall–Kier alpha value is -0.830. The van der Waals surface area contributed by atoms with Crippen LogP contribution in [0.2, 0.25) is 0 Å². The van der Waals surface area contributed by atoms with Crippen molar-refractivity contribution in [2.45, 2.75) is 18.4 Å². The van der Waals surface area contributed by atoms with Crippen molar-refractivity contribution in [1.82, 2.24) is 4.98 Å². The van der Waals surface area contributed by atoms with Crippen LogP contribution >= 0.6 is 23.2 Å². The molecule has 1 unspecified atom stereocenters. The van der Waals surface area contributed by atoms with Gasteiger partial charge in [0.15, 0.2) is 5.56 Å². The fourth-order valence-corrected chi connectivity index (χ4v) is 2.22. The number of aliphatic hydroxyl groups is 1. The molecular formula is C12H11Cl2NO. The number of fused-ring (bicyclic) bond motifs is 1. The van der Waals surface area contributed by atoms with E-state index in [-0.39, 0.29) is 0 Å². The second kappa shape index (κ2) is 4.58. The molecule has 2 aromatic rings. The van der Waals surface area contributed by atoms with Gasteiger partial charge in [-0.1, -0.05) is 23.2 Å². The molecule has 0 saturated heterocycles. The minimum Gasteiger partial charge on any atom is -0.373 e. The number of rotatable bonds is 2. The largest absolute Gasteiger partial charge is 0.373 e. The molecule has 0 radical (unpaired) electrons. The molecule has 16 heavy (non-hydrogen) atoms. The van der Waals surface area contributed by atoms with Gasteiger partial charge in [0, 0.05) is 23.0 Å². The van der Waals surface area contributed by atoms with E-state index in [0.29, 0.717) is 11.4 Å². The molecule has 1 aromatic carbocycles. The maximum absolute atomic E-state index is 9.43. The number of benzene rings is 1. The molecule has 2 rings (SSSR count). The lowest BCUT2D eigenvalue weighted by Crippen LogP contribution is -1.98. The monoisotopic (exact) mass is 255 g/mol. The molecule has 1 aromatic heterocycles. The zero-order valence-corrected chi connectivity index (χ0v) is 10.3. The lowest BCUT2D eigenvalue weighted by atomic mass is 10.0. The third-order valence-electron chi connectivity index (χ3n) is 2.56. The zero-order valence-electron chi connectivity index (χ0n) is 8.74. The summed E-state index contributed by atoms with van der Waals surface area (Å²) < 4.78 is 0. The summed E-state index contributed by atoms with van der Waals surface area (Å²) in [6.07, 6.45) is 1.58. The van der Waals surface area contributed by atoms with Crippen molar-refractivity contribution in [1.29, 1.82) is 0 Å². The molecule has 84 valence electrons. The lowest BCUT2D eigenvalue weighted by Gasteiger charge is -2.11. The molecule has 1 N–H and O–H groups in total. The topological polar surface area (TPSA) is 33.1 Å². The lowest BCUT2D eigenvalue weighted by molar-refractivity contribution is 0.262. The van der Waals surface area contributed by atoms with Crippen LogP contribution in [0.3, 0.4) is 0 Å². The van der Waals surface area contributed by atoms with Crippen LogP contribution < -0.4 is 0 Å². The van der Waals surface area contributed by atoms with Crippen LogP contribution in [0.15, 0.2) is 24.4 Å². The minimum atomic E-state index is -1.06. The third kappa shape index (κ3) is 2.01. The number of hydrogen-bond acceptors (Lipinski definition) is 2. The zero-order chi connectivity index (χ0) is 11.7. The SMILES string of the molecule is Cc1ccc2ncc(C(O)Cl)c(CCl)c2c1. The third-order valence-corrected chi connectivity index (χ3v) is 3.06. The van der Waals surface area contributed by atoms with Crippen LogP contribution in [-0.4, -0.2) is 10.1 Å². The molecule has 2 nitrogen and oxygen atoms in total. The molecule has 0 aliphatic carbocycles. The maximum Gasteiger partial charge on any atom is 0.155 e. The number of aliphatic hydroxyl groups excluding tert-OH is 1. The average Bonchev–Trinajstić information content (AvgIpc) is 2.27. The standard InChI is InChI=1S/C12H11Cl2NO/c1-7-2-3-11-8(4-7)9(5-13)10(6-15-11)12(14)16/h2-4,6,12,16H,5H2,1H3. The number of alkyl halides is 2. The van der Waals surface area contributed by atoms with E-state index >= 15 is 0 Å². The van der Waals surface area contributed by atoms with E-state index in [1.54, 1.807) is 6.20 Å². The number of nitrogens with zero attached hydrogens (tertiary/aromatic N) is 1. The number of halogens is 2. The number of aryl methyl sites for hydroxylation is 1. The summed E-state index contributed by atoms with van der Waals surface area (Å²) in [7, 11) is 0. The minimum absolute atomic E-state index is 0.307. The van der Waals surface area contributed by atoms with Crippen LogP contribution in [0, 0.1) is 6.92 Å². The first-order valence-corrected chi connectivity index (χ1v) is 5.87. The van der Waals surface area contributed by atoms with E-state index < -0.39 is 5.56 Å². The second-order valence-corrected chi connectivity index (χ2v) is 4.36. The van der Waals surface area contributed by atoms with Gasteiger partial charge < -0.3 is 5.11 Å². The Kier molecular flexibility index (Phi) is 3.33. The van der Waals surface area contributed by atoms with Crippen molar-refractivity contribution in [3.05, 3.63) is 41.1 Å². The van der Waals surface area contributed by atoms with Crippen molar-refractivity contribution in [3.63, 3.8) is 0 Å². The smallest absolute Gasteiger partial charge is 0.155 e. The Balaban J connectivity index is 2.78. The summed E-state index contributed by atoms with van der Waals surface area (Å²) in [6.45, 7) is 2.00. The van der Waals surface area contributed by atoms with E-state index in [9.17, 15) is 5.11 Å². The fourth-order valence-electron chi connectivity index (χ4n) is 1.73. The van der Waals surface area contributed by atoms with Gasteiger partial charge in [-0.3, -0.25) is 4.98 Å². The van der Waals surface area contributed by atoms with Crippen LogP contribution in [0.25, 0.3) is 10.9 Å². The van der Waals surface area contributed by atoms with Crippen LogP contribution in [-0.2, 0) is 5.88 Å². The van der Waals surface area contributed by atoms with Crippen molar-refractivity contribution in [2.75, 3.05) is 0 Å². The highest BCUT2D eigenvalue weighted by Crippen LogP contribution is 2.28. The molecule has 0 spiro atoms. The normalized spacial score (nSPS) is 13.0. The van der Waals surface area contributed by atoms with Crippen molar-refractivity contribution in [2.24, 2.45) is 0 Å². The number of hydrogen-bond donors (Lipinski definition) is 1. The molecular weight excluding hydrogens is 245 g/mol. The van der Waals surface area contributed by atoms with Gasteiger partial charge in [-0.15, -0.1) is 11.6 Å². The Labute approximate surface area is 104 Å². The fraction of sp³-hybridized carbons (Fsp3) is 0.250. The predicted octanol–water partition coefficient (Wildman–Crippen LogP) is 3.51. The molecule has 0 aliphatic rings. The molecule has 1 atom stereocenters. The highest BCUT2D eigenvalue weighted by molar-refractivity contribution is 6.21. The molecule has 0 saturated carbocycles. The van der Waals surface area contributed by atoms with E-state index in [1.807, 2.05) is 25.1 Å². The van der Waals surface area contributed by atoms with Gasteiger partial charge in [0.2, 0.25) is 0 Å². The van der Waals surface area contributed by atoms with E-state index in [2.05, 4.69) is 4.98 Å². The Morgan fingerprint density at radius 1 is 1.44 bits per heavy atom. The Morgan fingerprint density at radius 2 is 2.19 bits per heavy atom. The number of pyridine rings is 1. The van der Waals surface area contributed by atoms with Gasteiger partial charge in [0.05, 0.1) is 5.52 Å². The highest BCUT2D eigenvalue weighted by Gasteiger charge is 2.13. The molecule has 0 aliphatic heterocycles. The molecule has 0 amide bonds. The maximum atomic E-state index is 9.43. The van der Waals surface area contributed by atoms with Crippen LogP contribution in [0.5, 0.6) is 0 Å². The van der Waals surface area contributed by atoms with Crippen LogP contribution in [0.1, 0.15) is 22.3 Å². The summed E-state index contributed by atoms with van der Waals surface area (Å²) >= 11 is 11.6. The van der Waals surface area contributed by atoms with Gasteiger partial charge in [-0.05, 0) is 24.6 Å². The quantitative estimate of drug-likeness (QED) is 0.834. The second-order valence-electron chi connectivity index (χ2n) is 3.68. The van der Waals surface area contributed by atoms with Crippen LogP contribution in [0.4, 0.5) is 0 Å². The van der Waals surface area contributed by atoms with E-state index in [1.165, 1.54) is 0 Å². The first-order valence-electron chi connectivity index (χ1n) is 4.89. The van der Waals surface area contributed by atoms with Gasteiger partial charge in [0.1, 0.15) is 0 Å². The van der Waals surface area contributed by atoms with Gasteiger partial charge in [-0.25, -0.2) is 0 Å². The Morgan fingerprint density at radius 3 is 2.81 bits per heavy atom. The average molecular weight is 256 g/mol. The highest BCUT2D eigenvalue weighted by atomic mass is 35.5. The summed E-state index contributed by atoms with van der Waals surface area (Å²) in [5.41, 5.74) is 2.35. The molecule has 1 heterocycles. The summed E-state index contributed by atoms with van der Waals surface area (Å²) in [4.78, 5) is 4.25. The predicted molar refractivity (Wildman–Crippen MR) is 66.8 cm³/mol. The Bertz CT molecular complexity index is 526. The van der Waals surface area contributed by atoms with E-state index in [4.69, 9.17) is 23.2 Å². The molecule has 0 fully saturated rings. The molecule has 0 bridgehead atoms. The summed E-state index contributed by atoms with van der Waals surface area (Å²) in [6, 6.07) is 5.93. The number of aromatic nitrogens is 1. The summed E-state index contributed by atoms with van der Waals surface area (Å²) in [5, 5.41) is 10.4. The van der Waals surface area contributed by atoms with E-state index in [0.717, 1.165) is 22.0 Å². The van der Waals surface area contributed by atoms with Gasteiger partial charge >= 0.3 is 0 Å². The van der Waals surface area contributed by atoms with Crippen molar-refractivity contribution >= 4 is 34.1 Å². The van der Waals surface area contributed by atoms with Gasteiger partial charge in [0.25, 0.3) is 0 Å². The van der Waals surface area contributed by atoms with Crippen molar-refractivity contribution in [3.8, 4) is 0 Å². The van der Waals surface area contributed by atoms with Gasteiger partial charge in [-0.2, -0.15) is 0 Å². The summed E-state index contributed by atoms with van der Waals surface area (Å²) in [5.74, 6) is 0.307. The van der Waals surface area contributed by atoms with Crippen molar-refractivity contribution < 1.29 is 5.11 Å².